The molecule has 0 amide bonds. The lowest BCUT2D eigenvalue weighted by molar-refractivity contribution is -0.0142. The van der Waals surface area contributed by atoms with Crippen LogP contribution in [0, 0.1) is 0 Å². The van der Waals surface area contributed by atoms with Gasteiger partial charge in [-0.25, -0.2) is 0 Å². The molecule has 1 aliphatic heterocycles. The van der Waals surface area contributed by atoms with E-state index in [4.69, 9.17) is 4.74 Å². The lowest BCUT2D eigenvalue weighted by Gasteiger charge is -2.40. The fourth-order valence-corrected chi connectivity index (χ4v) is 3.71. The minimum Gasteiger partial charge on any atom is -0.377 e. The van der Waals surface area contributed by atoms with Gasteiger partial charge in [-0.15, -0.1) is 0 Å². The molecule has 0 saturated carbocycles. The topological polar surface area (TPSA) is 12.5 Å². The second-order valence-corrected chi connectivity index (χ2v) is 6.30. The smallest absolute Gasteiger partial charge is 0.0702 e. The molecule has 0 spiro atoms. The molecule has 1 fully saturated rings. The van der Waals surface area contributed by atoms with Crippen LogP contribution in [0.25, 0.3) is 0 Å². The van der Waals surface area contributed by atoms with E-state index in [1.807, 2.05) is 0 Å². The van der Waals surface area contributed by atoms with Crippen LogP contribution in [0.3, 0.4) is 0 Å². The average molecular weight is 273 g/mol. The molecule has 2 aliphatic rings. The molecule has 0 radical (unpaired) electrons. The van der Waals surface area contributed by atoms with Gasteiger partial charge in [-0.3, -0.25) is 4.90 Å². The van der Waals surface area contributed by atoms with Crippen LogP contribution in [0.4, 0.5) is 0 Å². The average Bonchev–Trinajstić information content (AvgIpc) is 2.53. The Morgan fingerprint density at radius 2 is 2.05 bits per heavy atom. The van der Waals surface area contributed by atoms with Crippen molar-refractivity contribution in [2.75, 3.05) is 19.7 Å². The molecule has 2 nitrogen and oxygen atoms in total. The highest BCUT2D eigenvalue weighted by atomic mass is 16.5. The zero-order valence-corrected chi connectivity index (χ0v) is 12.7. The summed E-state index contributed by atoms with van der Waals surface area (Å²) in [5, 5.41) is 0. The van der Waals surface area contributed by atoms with E-state index in [9.17, 15) is 0 Å². The van der Waals surface area contributed by atoms with Crippen LogP contribution >= 0.6 is 0 Å². The summed E-state index contributed by atoms with van der Waals surface area (Å²) in [5.74, 6) is 0. The Kier molecular flexibility index (Phi) is 4.74. The molecule has 2 atom stereocenters. The maximum absolute atomic E-state index is 5.98. The third kappa shape index (κ3) is 3.24. The Bertz CT molecular complexity index is 431. The van der Waals surface area contributed by atoms with Crippen LogP contribution in [-0.4, -0.2) is 36.7 Å². The Labute approximate surface area is 123 Å². The van der Waals surface area contributed by atoms with Gasteiger partial charge in [0, 0.05) is 19.2 Å². The molecule has 1 saturated heterocycles. The van der Waals surface area contributed by atoms with Gasteiger partial charge in [-0.1, -0.05) is 31.2 Å². The number of piperidine rings is 1. The lowest BCUT2D eigenvalue weighted by atomic mass is 9.86. The highest BCUT2D eigenvalue weighted by Gasteiger charge is 2.28. The van der Waals surface area contributed by atoms with E-state index in [0.29, 0.717) is 6.10 Å². The molecule has 0 aromatic heterocycles. The molecule has 110 valence electrons. The summed E-state index contributed by atoms with van der Waals surface area (Å²) >= 11 is 0. The van der Waals surface area contributed by atoms with E-state index in [1.165, 1.54) is 38.6 Å². The second kappa shape index (κ2) is 6.73. The van der Waals surface area contributed by atoms with Gasteiger partial charge >= 0.3 is 0 Å². The molecular weight excluding hydrogens is 246 g/mol. The van der Waals surface area contributed by atoms with Crippen molar-refractivity contribution in [3.63, 3.8) is 0 Å². The van der Waals surface area contributed by atoms with Gasteiger partial charge in [0.15, 0.2) is 0 Å². The van der Waals surface area contributed by atoms with Crippen molar-refractivity contribution in [3.8, 4) is 0 Å². The summed E-state index contributed by atoms with van der Waals surface area (Å²) in [6.45, 7) is 5.52. The highest BCUT2D eigenvalue weighted by Crippen LogP contribution is 2.27. The molecular formula is C18H27NO. The summed E-state index contributed by atoms with van der Waals surface area (Å²) in [6, 6.07) is 9.71. The quantitative estimate of drug-likeness (QED) is 0.833. The summed E-state index contributed by atoms with van der Waals surface area (Å²) in [4.78, 5) is 2.69. The molecule has 2 unspecified atom stereocenters. The van der Waals surface area contributed by atoms with Crippen molar-refractivity contribution in [2.24, 2.45) is 0 Å². The van der Waals surface area contributed by atoms with Crippen LogP contribution in [0.15, 0.2) is 24.3 Å². The van der Waals surface area contributed by atoms with E-state index >= 15 is 0 Å². The number of hydrogen-bond donors (Lipinski definition) is 0. The summed E-state index contributed by atoms with van der Waals surface area (Å²) in [6.07, 6.45) is 7.95. The van der Waals surface area contributed by atoms with Crippen molar-refractivity contribution in [2.45, 2.75) is 57.6 Å². The molecule has 20 heavy (non-hydrogen) atoms. The number of benzene rings is 1. The third-order valence-electron chi connectivity index (χ3n) is 4.80. The second-order valence-electron chi connectivity index (χ2n) is 6.30. The molecule has 0 N–H and O–H groups in total. The first-order valence-corrected chi connectivity index (χ1v) is 8.29. The van der Waals surface area contributed by atoms with E-state index in [-0.39, 0.29) is 0 Å². The number of fused-ring (bicyclic) bond motifs is 1. The summed E-state index contributed by atoms with van der Waals surface area (Å²) in [5.41, 5.74) is 3.14. The molecule has 1 aromatic carbocycles. The Morgan fingerprint density at radius 1 is 1.20 bits per heavy atom. The first-order chi connectivity index (χ1) is 9.86. The van der Waals surface area contributed by atoms with Gasteiger partial charge in [-0.2, -0.15) is 0 Å². The van der Waals surface area contributed by atoms with E-state index < -0.39 is 0 Å². The molecule has 1 heterocycles. The normalized spacial score (nSPS) is 27.2. The van der Waals surface area contributed by atoms with Crippen LogP contribution < -0.4 is 0 Å². The highest BCUT2D eigenvalue weighted by molar-refractivity contribution is 5.30. The molecule has 1 aromatic rings. The fourth-order valence-electron chi connectivity index (χ4n) is 3.71. The summed E-state index contributed by atoms with van der Waals surface area (Å²) in [7, 11) is 0. The Balaban J connectivity index is 1.59. The minimum absolute atomic E-state index is 0.473. The predicted molar refractivity (Wildman–Crippen MR) is 83.1 cm³/mol. The first kappa shape index (κ1) is 14.1. The van der Waals surface area contributed by atoms with Crippen LogP contribution in [-0.2, 0) is 17.6 Å². The largest absolute Gasteiger partial charge is 0.377 e. The van der Waals surface area contributed by atoms with Gasteiger partial charge < -0.3 is 4.74 Å². The fraction of sp³-hybridized carbons (Fsp3) is 0.667. The van der Waals surface area contributed by atoms with Gasteiger partial charge in [-0.05, 0) is 56.2 Å². The van der Waals surface area contributed by atoms with Crippen LogP contribution in [0.2, 0.25) is 0 Å². The van der Waals surface area contributed by atoms with Crippen molar-refractivity contribution in [1.82, 2.24) is 4.90 Å². The zero-order chi connectivity index (χ0) is 13.8. The summed E-state index contributed by atoms with van der Waals surface area (Å²) < 4.78 is 5.98. The van der Waals surface area contributed by atoms with Gasteiger partial charge in [0.05, 0.1) is 6.10 Å². The van der Waals surface area contributed by atoms with Crippen molar-refractivity contribution in [1.29, 1.82) is 0 Å². The van der Waals surface area contributed by atoms with Gasteiger partial charge in [0.1, 0.15) is 0 Å². The Hall–Kier alpha value is -0.860. The van der Waals surface area contributed by atoms with E-state index in [2.05, 4.69) is 36.1 Å². The van der Waals surface area contributed by atoms with E-state index in [0.717, 1.165) is 25.6 Å². The maximum atomic E-state index is 5.98. The van der Waals surface area contributed by atoms with Gasteiger partial charge in [0.25, 0.3) is 0 Å². The number of aryl methyl sites for hydroxylation is 1. The number of likely N-dealkylation sites (tertiary alicyclic amines) is 1. The van der Waals surface area contributed by atoms with Crippen molar-refractivity contribution < 1.29 is 4.74 Å². The monoisotopic (exact) mass is 273 g/mol. The number of hydrogen-bond acceptors (Lipinski definition) is 2. The van der Waals surface area contributed by atoms with Crippen LogP contribution in [0.5, 0.6) is 0 Å². The molecule has 3 rings (SSSR count). The lowest BCUT2D eigenvalue weighted by Crippen LogP contribution is -2.47. The first-order valence-electron chi connectivity index (χ1n) is 8.29. The SMILES string of the molecule is CCCOC1CCCN(C2CCc3ccccc3C2)C1. The van der Waals surface area contributed by atoms with Crippen molar-refractivity contribution >= 4 is 0 Å². The maximum Gasteiger partial charge on any atom is 0.0702 e. The Morgan fingerprint density at radius 3 is 2.90 bits per heavy atom. The number of nitrogens with zero attached hydrogens (tertiary/aromatic N) is 1. The zero-order valence-electron chi connectivity index (χ0n) is 12.7. The molecule has 1 aliphatic carbocycles. The third-order valence-corrected chi connectivity index (χ3v) is 4.80. The van der Waals surface area contributed by atoms with Gasteiger partial charge in [0.2, 0.25) is 0 Å². The minimum atomic E-state index is 0.473. The van der Waals surface area contributed by atoms with E-state index in [1.54, 1.807) is 11.1 Å². The standard InChI is InChI=1S/C18H27NO/c1-2-12-20-18-8-5-11-19(14-18)17-10-9-15-6-3-4-7-16(15)13-17/h3-4,6-7,17-18H,2,5,8-14H2,1H3. The molecule has 2 heteroatoms. The number of ether oxygens (including phenoxy) is 1. The van der Waals surface area contributed by atoms with Crippen LogP contribution in [0.1, 0.15) is 43.7 Å². The molecule has 0 bridgehead atoms. The van der Waals surface area contributed by atoms with Crippen molar-refractivity contribution in [3.05, 3.63) is 35.4 Å². The predicted octanol–water partition coefficient (Wildman–Crippen LogP) is 3.43. The number of rotatable bonds is 4.